The zero-order valence-corrected chi connectivity index (χ0v) is 21.7. The van der Waals surface area contributed by atoms with E-state index in [0.29, 0.717) is 42.4 Å². The maximum absolute atomic E-state index is 14.1. The van der Waals surface area contributed by atoms with E-state index in [1.165, 1.54) is 6.20 Å². The number of fused-ring (bicyclic) bond motifs is 1. The fraction of sp³-hybridized carbons (Fsp3) is 0.370. The summed E-state index contributed by atoms with van der Waals surface area (Å²) in [7, 11) is 0. The summed E-state index contributed by atoms with van der Waals surface area (Å²) in [5.41, 5.74) is 0.694. The Balaban J connectivity index is 1.48. The molecule has 1 amide bonds. The highest BCUT2D eigenvalue weighted by atomic mass is 19.4. The first-order valence-corrected chi connectivity index (χ1v) is 12.6. The zero-order valence-electron chi connectivity index (χ0n) is 21.7. The fourth-order valence-electron chi connectivity index (χ4n) is 4.67. The van der Waals surface area contributed by atoms with Crippen LogP contribution in [-0.2, 0) is 10.9 Å². The van der Waals surface area contributed by atoms with Crippen molar-refractivity contribution in [3.8, 4) is 22.4 Å². The molecule has 0 saturated carbocycles. The Bertz CT molecular complexity index is 1480. The molecular formula is C27H28F3N7O2. The second-order valence-corrected chi connectivity index (χ2v) is 10.4. The van der Waals surface area contributed by atoms with Gasteiger partial charge in [0.25, 0.3) is 0 Å². The molecule has 204 valence electrons. The highest BCUT2D eigenvalue weighted by Crippen LogP contribution is 2.40. The Morgan fingerprint density at radius 2 is 1.95 bits per heavy atom. The van der Waals surface area contributed by atoms with Crippen LogP contribution in [0.3, 0.4) is 0 Å². The molecule has 0 unspecified atom stereocenters. The fourth-order valence-corrected chi connectivity index (χ4v) is 4.67. The molecule has 3 aromatic heterocycles. The number of likely N-dealkylation sites (tertiary alicyclic amines) is 1. The first-order valence-electron chi connectivity index (χ1n) is 12.6. The molecule has 1 atom stereocenters. The molecule has 0 spiro atoms. The summed E-state index contributed by atoms with van der Waals surface area (Å²) >= 11 is 0. The number of para-hydroxylation sites is 1. The number of amides is 1. The minimum Gasteiger partial charge on any atom is -0.444 e. The number of nitrogens with zero attached hydrogens (tertiary/aromatic N) is 5. The van der Waals surface area contributed by atoms with Gasteiger partial charge in [-0.05, 0) is 39.7 Å². The molecule has 2 N–H and O–H groups in total. The third-order valence-electron chi connectivity index (χ3n) is 6.37. The van der Waals surface area contributed by atoms with Crippen molar-refractivity contribution < 1.29 is 22.7 Å². The van der Waals surface area contributed by atoms with Gasteiger partial charge in [-0.3, -0.25) is 0 Å². The largest absolute Gasteiger partial charge is 0.444 e. The quantitative estimate of drug-likeness (QED) is 0.332. The smallest absolute Gasteiger partial charge is 0.419 e. The maximum atomic E-state index is 14.1. The average molecular weight is 540 g/mol. The average Bonchev–Trinajstić information content (AvgIpc) is 3.32. The summed E-state index contributed by atoms with van der Waals surface area (Å²) < 4.78 is 47.7. The van der Waals surface area contributed by atoms with Gasteiger partial charge >= 0.3 is 12.3 Å². The number of hydrogen-bond donors (Lipinski definition) is 2. The molecule has 5 rings (SSSR count). The number of hydrogen-bond acceptors (Lipinski definition) is 7. The predicted octanol–water partition coefficient (Wildman–Crippen LogP) is 5.91. The lowest BCUT2D eigenvalue weighted by atomic mass is 10.0. The summed E-state index contributed by atoms with van der Waals surface area (Å²) in [5.74, 6) is 0.0536. The van der Waals surface area contributed by atoms with Crippen LogP contribution in [0.1, 0.15) is 39.2 Å². The highest BCUT2D eigenvalue weighted by molar-refractivity contribution is 6.02. The zero-order chi connectivity index (χ0) is 27.8. The van der Waals surface area contributed by atoms with E-state index in [0.717, 1.165) is 17.3 Å². The molecule has 0 aliphatic carbocycles. The minimum absolute atomic E-state index is 0.0536. The first kappa shape index (κ1) is 26.4. The number of carbonyl (C=O) groups is 1. The third-order valence-corrected chi connectivity index (χ3v) is 6.37. The van der Waals surface area contributed by atoms with Gasteiger partial charge in [-0.1, -0.05) is 18.2 Å². The van der Waals surface area contributed by atoms with Crippen molar-refractivity contribution in [3.63, 3.8) is 0 Å². The number of H-pyrrole nitrogens is 1. The molecule has 1 saturated heterocycles. The third kappa shape index (κ3) is 5.79. The summed E-state index contributed by atoms with van der Waals surface area (Å²) in [6, 6.07) is 6.91. The van der Waals surface area contributed by atoms with Gasteiger partial charge in [0.05, 0.1) is 23.6 Å². The van der Waals surface area contributed by atoms with Crippen LogP contribution in [0.25, 0.3) is 33.3 Å². The number of alkyl halides is 3. The van der Waals surface area contributed by atoms with Crippen LogP contribution < -0.4 is 5.32 Å². The minimum atomic E-state index is -4.66. The molecule has 12 heteroatoms. The Morgan fingerprint density at radius 3 is 2.67 bits per heavy atom. The molecule has 1 aliphatic heterocycles. The summed E-state index contributed by atoms with van der Waals surface area (Å²) in [4.78, 5) is 25.6. The lowest BCUT2D eigenvalue weighted by Gasteiger charge is -2.34. The molecule has 0 bridgehead atoms. The van der Waals surface area contributed by atoms with E-state index < -0.39 is 23.4 Å². The van der Waals surface area contributed by atoms with E-state index >= 15 is 0 Å². The van der Waals surface area contributed by atoms with Crippen molar-refractivity contribution in [2.45, 2.75) is 51.4 Å². The van der Waals surface area contributed by atoms with Gasteiger partial charge in [-0.25, -0.2) is 14.8 Å². The monoisotopic (exact) mass is 539 g/mol. The van der Waals surface area contributed by atoms with E-state index in [1.807, 2.05) is 6.07 Å². The number of anilines is 1. The van der Waals surface area contributed by atoms with Crippen LogP contribution in [-0.4, -0.2) is 60.9 Å². The van der Waals surface area contributed by atoms with Crippen molar-refractivity contribution in [3.05, 3.63) is 54.6 Å². The summed E-state index contributed by atoms with van der Waals surface area (Å²) in [6.07, 6.45) is 1.79. The van der Waals surface area contributed by atoms with E-state index in [4.69, 9.17) is 4.74 Å². The second-order valence-electron chi connectivity index (χ2n) is 10.4. The molecule has 1 aromatic carbocycles. The van der Waals surface area contributed by atoms with Gasteiger partial charge in [0, 0.05) is 53.6 Å². The van der Waals surface area contributed by atoms with Crippen LogP contribution in [0.2, 0.25) is 0 Å². The molecule has 4 aromatic rings. The normalized spacial score (nSPS) is 16.4. The van der Waals surface area contributed by atoms with Gasteiger partial charge in [0.15, 0.2) is 0 Å². The van der Waals surface area contributed by atoms with Gasteiger partial charge in [-0.2, -0.15) is 23.4 Å². The molecule has 9 nitrogen and oxygen atoms in total. The van der Waals surface area contributed by atoms with E-state index in [9.17, 15) is 18.0 Å². The number of ether oxygens (including phenoxy) is 1. The number of nitrogens with one attached hydrogen (secondary N) is 2. The number of carbonyl (C=O) groups excluding carboxylic acids is 1. The standard InChI is InChI=1S/C27H28F3N7O2/c1-26(2,3)39-25(38)37-11-5-6-17(15-37)35-24-32-14-21(27(28,29)30)23(36-24)20-13-31-22-18(7-4-8-19(20)22)16-9-10-33-34-12-16/h4,7-10,12-14,17,31H,5-6,11,15H2,1-3H3,(H,32,35,36)/t17-/m0/s1. The molecular weight excluding hydrogens is 511 g/mol. The molecule has 39 heavy (non-hydrogen) atoms. The van der Waals surface area contributed by atoms with E-state index in [1.54, 1.807) is 56.3 Å². The Morgan fingerprint density at radius 1 is 1.13 bits per heavy atom. The van der Waals surface area contributed by atoms with Gasteiger partial charge < -0.3 is 19.9 Å². The molecule has 0 radical (unpaired) electrons. The maximum Gasteiger partial charge on any atom is 0.419 e. The number of aromatic amines is 1. The van der Waals surface area contributed by atoms with Crippen LogP contribution >= 0.6 is 0 Å². The van der Waals surface area contributed by atoms with Crippen molar-refractivity contribution >= 4 is 22.9 Å². The lowest BCUT2D eigenvalue weighted by Crippen LogP contribution is -2.47. The van der Waals surface area contributed by atoms with Crippen molar-refractivity contribution in [2.75, 3.05) is 18.4 Å². The van der Waals surface area contributed by atoms with Gasteiger partial charge in [0.2, 0.25) is 5.95 Å². The van der Waals surface area contributed by atoms with Crippen LogP contribution in [0.15, 0.2) is 49.1 Å². The van der Waals surface area contributed by atoms with E-state index in [2.05, 4.69) is 30.5 Å². The first-order chi connectivity index (χ1) is 18.5. The Labute approximate surface area is 222 Å². The van der Waals surface area contributed by atoms with Crippen LogP contribution in [0, 0.1) is 0 Å². The molecule has 4 heterocycles. The van der Waals surface area contributed by atoms with Crippen LogP contribution in [0.4, 0.5) is 23.9 Å². The van der Waals surface area contributed by atoms with Crippen molar-refractivity contribution in [2.24, 2.45) is 0 Å². The number of halogens is 3. The SMILES string of the molecule is CC(C)(C)OC(=O)N1CCC[C@H](Nc2ncc(C(F)(F)F)c(-c3c[nH]c4c(-c5ccnnc5)cccc34)n2)C1. The van der Waals surface area contributed by atoms with Crippen molar-refractivity contribution in [1.29, 1.82) is 0 Å². The summed E-state index contributed by atoms with van der Waals surface area (Å²) in [5, 5.41) is 11.4. The van der Waals surface area contributed by atoms with Crippen LogP contribution in [0.5, 0.6) is 0 Å². The number of benzene rings is 1. The van der Waals surface area contributed by atoms with E-state index in [-0.39, 0.29) is 17.7 Å². The number of rotatable bonds is 4. The second kappa shape index (κ2) is 10.2. The molecule has 1 aliphatic rings. The molecule has 1 fully saturated rings. The summed E-state index contributed by atoms with van der Waals surface area (Å²) in [6.45, 7) is 6.25. The predicted molar refractivity (Wildman–Crippen MR) is 140 cm³/mol. The Hall–Kier alpha value is -4.22. The Kier molecular flexibility index (Phi) is 6.87. The number of aromatic nitrogens is 5. The topological polar surface area (TPSA) is 109 Å². The number of piperidine rings is 1. The van der Waals surface area contributed by atoms with Gasteiger partial charge in [-0.15, -0.1) is 0 Å². The van der Waals surface area contributed by atoms with Gasteiger partial charge in [0.1, 0.15) is 11.2 Å². The lowest BCUT2D eigenvalue weighted by molar-refractivity contribution is -0.137. The van der Waals surface area contributed by atoms with Crippen molar-refractivity contribution in [1.82, 2.24) is 30.0 Å². The highest BCUT2D eigenvalue weighted by Gasteiger charge is 2.36.